The maximum Gasteiger partial charge on any atom is 0.261 e. The molecule has 1 aliphatic rings. The summed E-state index contributed by atoms with van der Waals surface area (Å²) in [4.78, 5) is 37.5. The van der Waals surface area contributed by atoms with Crippen molar-refractivity contribution < 1.29 is 14.4 Å². The SMILES string of the molecule is N#Cc1ccccc1NC(=O)CCN1C(=O)c2ccccc2C1=O. The van der Waals surface area contributed by atoms with Gasteiger partial charge in [-0.05, 0) is 24.3 Å². The number of amides is 3. The van der Waals surface area contributed by atoms with E-state index in [-0.39, 0.29) is 30.7 Å². The van der Waals surface area contributed by atoms with Crippen LogP contribution in [-0.4, -0.2) is 29.2 Å². The van der Waals surface area contributed by atoms with Gasteiger partial charge in [-0.25, -0.2) is 0 Å². The van der Waals surface area contributed by atoms with Crippen molar-refractivity contribution in [3.05, 3.63) is 65.2 Å². The Hall–Kier alpha value is -3.46. The number of imide groups is 1. The second-order valence-electron chi connectivity index (χ2n) is 5.26. The van der Waals surface area contributed by atoms with E-state index in [1.807, 2.05) is 6.07 Å². The van der Waals surface area contributed by atoms with Crippen LogP contribution in [0.2, 0.25) is 0 Å². The number of carbonyl (C=O) groups is 3. The number of carbonyl (C=O) groups excluding carboxylic acids is 3. The van der Waals surface area contributed by atoms with Gasteiger partial charge in [-0.15, -0.1) is 0 Å². The van der Waals surface area contributed by atoms with E-state index in [1.165, 1.54) is 0 Å². The molecule has 6 heteroatoms. The zero-order valence-electron chi connectivity index (χ0n) is 12.7. The Morgan fingerprint density at radius 1 is 1.00 bits per heavy atom. The predicted molar refractivity (Wildman–Crippen MR) is 86.2 cm³/mol. The molecular formula is C18H13N3O3. The molecule has 0 atom stereocenters. The van der Waals surface area contributed by atoms with Gasteiger partial charge >= 0.3 is 0 Å². The summed E-state index contributed by atoms with van der Waals surface area (Å²) in [7, 11) is 0. The molecule has 1 N–H and O–H groups in total. The molecule has 0 radical (unpaired) electrons. The van der Waals surface area contributed by atoms with Gasteiger partial charge in [0.05, 0.1) is 22.4 Å². The first-order chi connectivity index (χ1) is 11.6. The molecule has 0 saturated carbocycles. The highest BCUT2D eigenvalue weighted by molar-refractivity contribution is 6.21. The van der Waals surface area contributed by atoms with Crippen LogP contribution < -0.4 is 5.32 Å². The third kappa shape index (κ3) is 2.75. The van der Waals surface area contributed by atoms with Gasteiger partial charge in [0.25, 0.3) is 11.8 Å². The summed E-state index contributed by atoms with van der Waals surface area (Å²) in [6.07, 6.45) is -0.0365. The smallest absolute Gasteiger partial charge is 0.261 e. The van der Waals surface area contributed by atoms with Crippen LogP contribution in [-0.2, 0) is 4.79 Å². The number of hydrogen-bond acceptors (Lipinski definition) is 4. The Morgan fingerprint density at radius 2 is 1.58 bits per heavy atom. The minimum Gasteiger partial charge on any atom is -0.325 e. The molecule has 1 aliphatic heterocycles. The number of benzene rings is 2. The number of hydrogen-bond donors (Lipinski definition) is 1. The summed E-state index contributed by atoms with van der Waals surface area (Å²) >= 11 is 0. The molecule has 24 heavy (non-hydrogen) atoms. The van der Waals surface area contributed by atoms with Crippen molar-refractivity contribution in [2.75, 3.05) is 11.9 Å². The molecule has 0 fully saturated rings. The second-order valence-corrected chi connectivity index (χ2v) is 5.26. The van der Waals surface area contributed by atoms with Crippen LogP contribution in [0.15, 0.2) is 48.5 Å². The van der Waals surface area contributed by atoms with E-state index in [0.29, 0.717) is 22.4 Å². The van der Waals surface area contributed by atoms with Crippen molar-refractivity contribution >= 4 is 23.4 Å². The van der Waals surface area contributed by atoms with Crippen LogP contribution in [0.5, 0.6) is 0 Å². The Morgan fingerprint density at radius 3 is 2.21 bits per heavy atom. The Balaban J connectivity index is 1.65. The Bertz CT molecular complexity index is 848. The van der Waals surface area contributed by atoms with Gasteiger partial charge in [0.1, 0.15) is 6.07 Å². The normalized spacial score (nSPS) is 12.7. The second kappa shape index (κ2) is 6.34. The van der Waals surface area contributed by atoms with Crippen molar-refractivity contribution in [3.63, 3.8) is 0 Å². The lowest BCUT2D eigenvalue weighted by Crippen LogP contribution is -2.32. The first-order valence-electron chi connectivity index (χ1n) is 7.36. The number of para-hydroxylation sites is 1. The number of rotatable bonds is 4. The Kier molecular flexibility index (Phi) is 4.08. The molecule has 0 unspecified atom stereocenters. The number of anilines is 1. The predicted octanol–water partition coefficient (Wildman–Crippen LogP) is 2.18. The third-order valence-electron chi connectivity index (χ3n) is 3.76. The fraction of sp³-hybridized carbons (Fsp3) is 0.111. The average Bonchev–Trinajstić information content (AvgIpc) is 2.85. The van der Waals surface area contributed by atoms with E-state index >= 15 is 0 Å². The molecule has 0 spiro atoms. The largest absolute Gasteiger partial charge is 0.325 e. The lowest BCUT2D eigenvalue weighted by molar-refractivity contribution is -0.116. The monoisotopic (exact) mass is 319 g/mol. The lowest BCUT2D eigenvalue weighted by atomic mass is 10.1. The van der Waals surface area contributed by atoms with E-state index < -0.39 is 0 Å². The van der Waals surface area contributed by atoms with Gasteiger partial charge in [0.2, 0.25) is 5.91 Å². The van der Waals surface area contributed by atoms with Gasteiger partial charge in [-0.2, -0.15) is 5.26 Å². The molecule has 0 saturated heterocycles. The summed E-state index contributed by atoms with van der Waals surface area (Å²) in [5, 5.41) is 11.6. The summed E-state index contributed by atoms with van der Waals surface area (Å²) in [6.45, 7) is -0.00704. The number of nitrogens with zero attached hydrogens (tertiary/aromatic N) is 2. The molecule has 3 rings (SSSR count). The molecule has 2 aromatic carbocycles. The van der Waals surface area contributed by atoms with Crippen LogP contribution >= 0.6 is 0 Å². The van der Waals surface area contributed by atoms with E-state index in [9.17, 15) is 14.4 Å². The summed E-state index contributed by atoms with van der Waals surface area (Å²) < 4.78 is 0. The maximum absolute atomic E-state index is 12.2. The Labute approximate surface area is 138 Å². The van der Waals surface area contributed by atoms with Crippen LogP contribution in [0.1, 0.15) is 32.7 Å². The summed E-state index contributed by atoms with van der Waals surface area (Å²) in [5.41, 5.74) is 1.48. The molecule has 6 nitrogen and oxygen atoms in total. The first kappa shape index (κ1) is 15.4. The van der Waals surface area contributed by atoms with Gasteiger partial charge in [0.15, 0.2) is 0 Å². The van der Waals surface area contributed by atoms with Crippen LogP contribution in [0.3, 0.4) is 0 Å². The molecule has 118 valence electrons. The number of nitrogens with one attached hydrogen (secondary N) is 1. The minimum absolute atomic E-state index is 0.00704. The lowest BCUT2D eigenvalue weighted by Gasteiger charge is -2.13. The van der Waals surface area contributed by atoms with E-state index in [1.54, 1.807) is 48.5 Å². The highest BCUT2D eigenvalue weighted by Crippen LogP contribution is 2.22. The highest BCUT2D eigenvalue weighted by Gasteiger charge is 2.34. The van der Waals surface area contributed by atoms with E-state index in [0.717, 1.165) is 4.90 Å². The minimum atomic E-state index is -0.388. The standard InChI is InChI=1S/C18H13N3O3/c19-11-12-5-1-4-8-15(12)20-16(22)9-10-21-17(23)13-6-2-3-7-14(13)18(21)24/h1-8H,9-10H2,(H,20,22). The van der Waals surface area contributed by atoms with Crippen molar-refractivity contribution in [1.29, 1.82) is 5.26 Å². The van der Waals surface area contributed by atoms with Crippen molar-refractivity contribution in [2.45, 2.75) is 6.42 Å². The summed E-state index contributed by atoms with van der Waals surface area (Å²) in [6, 6.07) is 15.2. The molecule has 1 heterocycles. The van der Waals surface area contributed by atoms with Gasteiger partial charge in [0, 0.05) is 13.0 Å². The van der Waals surface area contributed by atoms with E-state index in [2.05, 4.69) is 5.32 Å². The molecule has 3 amide bonds. The third-order valence-corrected chi connectivity index (χ3v) is 3.76. The van der Waals surface area contributed by atoms with Crippen molar-refractivity contribution in [3.8, 4) is 6.07 Å². The zero-order chi connectivity index (χ0) is 17.1. The average molecular weight is 319 g/mol. The fourth-order valence-electron chi connectivity index (χ4n) is 2.56. The van der Waals surface area contributed by atoms with Gasteiger partial charge in [-0.3, -0.25) is 19.3 Å². The van der Waals surface area contributed by atoms with Crippen LogP contribution in [0.25, 0.3) is 0 Å². The fourth-order valence-corrected chi connectivity index (χ4v) is 2.56. The molecule has 0 bridgehead atoms. The summed E-state index contributed by atoms with van der Waals surface area (Å²) in [5.74, 6) is -1.14. The topological polar surface area (TPSA) is 90.3 Å². The van der Waals surface area contributed by atoms with Crippen LogP contribution in [0.4, 0.5) is 5.69 Å². The number of nitriles is 1. The quantitative estimate of drug-likeness (QED) is 0.875. The van der Waals surface area contributed by atoms with Crippen LogP contribution in [0, 0.1) is 11.3 Å². The maximum atomic E-state index is 12.2. The molecular weight excluding hydrogens is 306 g/mol. The van der Waals surface area contributed by atoms with E-state index in [4.69, 9.17) is 5.26 Å². The molecule has 0 aromatic heterocycles. The van der Waals surface area contributed by atoms with Crippen molar-refractivity contribution in [2.24, 2.45) is 0 Å². The van der Waals surface area contributed by atoms with Gasteiger partial charge in [-0.1, -0.05) is 24.3 Å². The zero-order valence-corrected chi connectivity index (χ0v) is 12.7. The van der Waals surface area contributed by atoms with Crippen molar-refractivity contribution in [1.82, 2.24) is 4.90 Å². The molecule has 0 aliphatic carbocycles. The highest BCUT2D eigenvalue weighted by atomic mass is 16.2. The molecule has 2 aromatic rings. The number of fused-ring (bicyclic) bond motifs is 1. The van der Waals surface area contributed by atoms with Gasteiger partial charge < -0.3 is 5.32 Å². The first-order valence-corrected chi connectivity index (χ1v) is 7.36.